The molecule has 0 spiro atoms. The van der Waals surface area contributed by atoms with Gasteiger partial charge in [0.05, 0.1) is 26.1 Å². The second kappa shape index (κ2) is 5.92. The monoisotopic (exact) mass is 376 g/mol. The maximum Gasteiger partial charge on any atom is 0.343 e. The Labute approximate surface area is 140 Å². The summed E-state index contributed by atoms with van der Waals surface area (Å²) in [6.45, 7) is 0. The number of rotatable bonds is 4. The number of benzene rings is 1. The molecule has 1 aromatic carbocycles. The van der Waals surface area contributed by atoms with Gasteiger partial charge in [0, 0.05) is 16.2 Å². The molecule has 0 aliphatic rings. The first kappa shape index (κ1) is 15.4. The summed E-state index contributed by atoms with van der Waals surface area (Å²) in [5.74, 6) is -0.634. The van der Waals surface area contributed by atoms with E-state index in [1.807, 2.05) is 22.7 Å². The van der Waals surface area contributed by atoms with E-state index in [9.17, 15) is 9.90 Å². The fourth-order valence-corrected chi connectivity index (χ4v) is 2.76. The number of fused-ring (bicyclic) bond motifs is 1. The average molecular weight is 377 g/mol. The molecule has 6 nitrogen and oxygen atoms in total. The Morgan fingerprint density at radius 3 is 2.43 bits per heavy atom. The molecule has 0 fully saturated rings. The van der Waals surface area contributed by atoms with Gasteiger partial charge in [-0.05, 0) is 24.3 Å². The number of carboxylic acid groups (broad SMARTS) is 1. The molecule has 7 heteroatoms. The van der Waals surface area contributed by atoms with Crippen LogP contribution in [0.2, 0.25) is 0 Å². The number of carbonyl (C=O) groups is 1. The first-order valence-corrected chi connectivity index (χ1v) is 7.46. The minimum absolute atomic E-state index is 0.00434. The summed E-state index contributed by atoms with van der Waals surface area (Å²) >= 11 is 3.41. The maximum absolute atomic E-state index is 11.4. The van der Waals surface area contributed by atoms with Crippen molar-refractivity contribution in [2.45, 2.75) is 0 Å². The molecule has 3 aromatic rings. The summed E-state index contributed by atoms with van der Waals surface area (Å²) in [7, 11) is 2.85. The van der Waals surface area contributed by atoms with E-state index in [0.717, 1.165) is 21.4 Å². The predicted octanol–water partition coefficient (Wildman–Crippen LogP) is 3.48. The number of carboxylic acids is 1. The summed E-state index contributed by atoms with van der Waals surface area (Å²) in [6, 6.07) is 7.12. The third kappa shape index (κ3) is 2.63. The van der Waals surface area contributed by atoms with Crippen LogP contribution in [-0.4, -0.2) is 34.7 Å². The van der Waals surface area contributed by atoms with Gasteiger partial charge in [-0.3, -0.25) is 4.40 Å². The molecule has 118 valence electrons. The molecule has 0 saturated carbocycles. The van der Waals surface area contributed by atoms with Crippen molar-refractivity contribution in [3.05, 3.63) is 46.7 Å². The standard InChI is InChI=1S/C16H13BrN2O4/c1-22-12-5-9(6-13(23-2)15(12)16(20)21)11-8-18-14-7-10(17)3-4-19(11)14/h3-8H,1-2H3,(H,20,21). The SMILES string of the molecule is COc1cc(-c2cnc3cc(Br)ccn23)cc(OC)c1C(=O)O. The van der Waals surface area contributed by atoms with E-state index in [1.54, 1.807) is 18.3 Å². The molecule has 0 atom stereocenters. The van der Waals surface area contributed by atoms with Crippen LogP contribution in [0.5, 0.6) is 11.5 Å². The quantitative estimate of drug-likeness (QED) is 0.754. The minimum atomic E-state index is -1.10. The number of imidazole rings is 1. The Balaban J connectivity index is 2.24. The van der Waals surface area contributed by atoms with E-state index in [0.29, 0.717) is 0 Å². The van der Waals surface area contributed by atoms with Crippen molar-refractivity contribution >= 4 is 27.5 Å². The predicted molar refractivity (Wildman–Crippen MR) is 88.4 cm³/mol. The number of hydrogen-bond acceptors (Lipinski definition) is 4. The molecular formula is C16H13BrN2O4. The number of pyridine rings is 1. The van der Waals surface area contributed by atoms with E-state index >= 15 is 0 Å². The Morgan fingerprint density at radius 1 is 1.22 bits per heavy atom. The average Bonchev–Trinajstić information content (AvgIpc) is 2.96. The van der Waals surface area contributed by atoms with Crippen LogP contribution in [0.25, 0.3) is 16.9 Å². The number of aromatic carboxylic acids is 1. The van der Waals surface area contributed by atoms with Crippen molar-refractivity contribution in [2.24, 2.45) is 0 Å². The van der Waals surface area contributed by atoms with Crippen LogP contribution < -0.4 is 9.47 Å². The highest BCUT2D eigenvalue weighted by molar-refractivity contribution is 9.10. The second-order valence-electron chi connectivity index (χ2n) is 4.78. The topological polar surface area (TPSA) is 73.1 Å². The number of hydrogen-bond donors (Lipinski definition) is 1. The van der Waals surface area contributed by atoms with E-state index in [2.05, 4.69) is 20.9 Å². The number of nitrogens with zero attached hydrogens (tertiary/aromatic N) is 2. The summed E-state index contributed by atoms with van der Waals surface area (Å²) < 4.78 is 13.3. The first-order chi connectivity index (χ1) is 11.0. The van der Waals surface area contributed by atoms with Crippen molar-refractivity contribution in [3.63, 3.8) is 0 Å². The first-order valence-electron chi connectivity index (χ1n) is 6.67. The van der Waals surface area contributed by atoms with Crippen LogP contribution in [0.4, 0.5) is 0 Å². The zero-order valence-electron chi connectivity index (χ0n) is 12.4. The summed E-state index contributed by atoms with van der Waals surface area (Å²) in [5.41, 5.74) is 2.32. The number of ether oxygens (including phenoxy) is 2. The van der Waals surface area contributed by atoms with Gasteiger partial charge in [-0.1, -0.05) is 15.9 Å². The van der Waals surface area contributed by atoms with Gasteiger partial charge < -0.3 is 14.6 Å². The number of methoxy groups -OCH3 is 2. The molecule has 23 heavy (non-hydrogen) atoms. The maximum atomic E-state index is 11.4. The molecule has 0 aliphatic carbocycles. The van der Waals surface area contributed by atoms with Crippen molar-refractivity contribution in [1.82, 2.24) is 9.38 Å². The number of halogens is 1. The van der Waals surface area contributed by atoms with Crippen molar-refractivity contribution < 1.29 is 19.4 Å². The fourth-order valence-electron chi connectivity index (χ4n) is 2.44. The zero-order valence-corrected chi connectivity index (χ0v) is 14.0. The Hall–Kier alpha value is -2.54. The highest BCUT2D eigenvalue weighted by Crippen LogP contribution is 2.35. The third-order valence-electron chi connectivity index (χ3n) is 3.49. The normalized spacial score (nSPS) is 10.7. The molecule has 2 aromatic heterocycles. The molecule has 2 heterocycles. The Morgan fingerprint density at radius 2 is 1.87 bits per heavy atom. The summed E-state index contributed by atoms with van der Waals surface area (Å²) in [5, 5.41) is 9.35. The minimum Gasteiger partial charge on any atom is -0.496 e. The summed E-state index contributed by atoms with van der Waals surface area (Å²) in [6.07, 6.45) is 3.60. The van der Waals surface area contributed by atoms with Gasteiger partial charge in [0.25, 0.3) is 0 Å². The highest BCUT2D eigenvalue weighted by atomic mass is 79.9. The largest absolute Gasteiger partial charge is 0.496 e. The van der Waals surface area contributed by atoms with Crippen molar-refractivity contribution in [2.75, 3.05) is 14.2 Å². The lowest BCUT2D eigenvalue weighted by Gasteiger charge is -2.12. The molecule has 3 rings (SSSR count). The molecule has 0 radical (unpaired) electrons. The van der Waals surface area contributed by atoms with Crippen molar-refractivity contribution in [3.8, 4) is 22.8 Å². The van der Waals surface area contributed by atoms with Gasteiger partial charge in [0.1, 0.15) is 22.7 Å². The molecule has 0 unspecified atom stereocenters. The Bertz CT molecular complexity index is 879. The van der Waals surface area contributed by atoms with Gasteiger partial charge >= 0.3 is 5.97 Å². The van der Waals surface area contributed by atoms with Crippen LogP contribution in [-0.2, 0) is 0 Å². The lowest BCUT2D eigenvalue weighted by Crippen LogP contribution is -2.04. The fraction of sp³-hybridized carbons (Fsp3) is 0.125. The van der Waals surface area contributed by atoms with Crippen LogP contribution in [0.3, 0.4) is 0 Å². The molecule has 0 bridgehead atoms. The van der Waals surface area contributed by atoms with Crippen LogP contribution in [0.1, 0.15) is 10.4 Å². The smallest absolute Gasteiger partial charge is 0.343 e. The zero-order chi connectivity index (χ0) is 16.6. The molecule has 0 aliphatic heterocycles. The van der Waals surface area contributed by atoms with Gasteiger partial charge in [0.15, 0.2) is 0 Å². The van der Waals surface area contributed by atoms with Crippen LogP contribution in [0.15, 0.2) is 41.1 Å². The van der Waals surface area contributed by atoms with Gasteiger partial charge in [-0.2, -0.15) is 0 Å². The Kier molecular flexibility index (Phi) is 3.96. The third-order valence-corrected chi connectivity index (χ3v) is 3.98. The van der Waals surface area contributed by atoms with Gasteiger partial charge in [0.2, 0.25) is 0 Å². The highest BCUT2D eigenvalue weighted by Gasteiger charge is 2.20. The molecular weight excluding hydrogens is 364 g/mol. The van der Waals surface area contributed by atoms with Gasteiger partial charge in [-0.15, -0.1) is 0 Å². The van der Waals surface area contributed by atoms with E-state index in [1.165, 1.54) is 14.2 Å². The van der Waals surface area contributed by atoms with E-state index in [4.69, 9.17) is 9.47 Å². The second-order valence-corrected chi connectivity index (χ2v) is 5.69. The van der Waals surface area contributed by atoms with Gasteiger partial charge in [-0.25, -0.2) is 9.78 Å². The van der Waals surface area contributed by atoms with E-state index < -0.39 is 5.97 Å². The molecule has 1 N–H and O–H groups in total. The van der Waals surface area contributed by atoms with Crippen molar-refractivity contribution in [1.29, 1.82) is 0 Å². The summed E-state index contributed by atoms with van der Waals surface area (Å²) in [4.78, 5) is 15.8. The van der Waals surface area contributed by atoms with Crippen LogP contribution >= 0.6 is 15.9 Å². The molecule has 0 amide bonds. The lowest BCUT2D eigenvalue weighted by atomic mass is 10.1. The number of aromatic nitrogens is 2. The van der Waals surface area contributed by atoms with E-state index in [-0.39, 0.29) is 17.1 Å². The lowest BCUT2D eigenvalue weighted by molar-refractivity contribution is 0.0689. The van der Waals surface area contributed by atoms with Crippen LogP contribution in [0, 0.1) is 0 Å². The molecule has 0 saturated heterocycles.